The van der Waals surface area contributed by atoms with Crippen LogP contribution in [0.15, 0.2) is 70.6 Å². The van der Waals surface area contributed by atoms with Gasteiger partial charge in [-0.25, -0.2) is 8.42 Å². The number of fused-ring (bicyclic) bond motifs is 1. The van der Waals surface area contributed by atoms with Gasteiger partial charge in [0.05, 0.1) is 21.7 Å². The van der Waals surface area contributed by atoms with Crippen molar-refractivity contribution in [1.29, 1.82) is 0 Å². The first-order chi connectivity index (χ1) is 16.2. The molecule has 0 aliphatic rings. The molecule has 0 spiro atoms. The van der Waals surface area contributed by atoms with Crippen molar-refractivity contribution in [3.63, 3.8) is 0 Å². The van der Waals surface area contributed by atoms with Crippen molar-refractivity contribution in [2.24, 2.45) is 4.99 Å². The molecular weight excluding hydrogens is 466 g/mol. The summed E-state index contributed by atoms with van der Waals surface area (Å²) in [5.74, 6) is 2.20. The van der Waals surface area contributed by atoms with Gasteiger partial charge >= 0.3 is 0 Å². The average molecular weight is 490 g/mol. The molecule has 0 fully saturated rings. The quantitative estimate of drug-likeness (QED) is 0.409. The molecule has 0 saturated carbocycles. The van der Waals surface area contributed by atoms with Crippen LogP contribution in [0.3, 0.4) is 0 Å². The molecule has 0 bridgehead atoms. The van der Waals surface area contributed by atoms with Crippen molar-refractivity contribution in [3.8, 4) is 12.3 Å². The van der Waals surface area contributed by atoms with Crippen LogP contribution < -0.4 is 9.52 Å². The number of rotatable bonds is 5. The largest absolute Gasteiger partial charge is 0.305 e. The number of sulfonamides is 1. The zero-order valence-corrected chi connectivity index (χ0v) is 20.6. The van der Waals surface area contributed by atoms with Gasteiger partial charge in [0, 0.05) is 11.3 Å². The fraction of sp³-hybridized carbons (Fsp3) is 0.154. The maximum absolute atomic E-state index is 12.9. The fourth-order valence-corrected chi connectivity index (χ4v) is 5.58. The second-order valence-electron chi connectivity index (χ2n) is 7.99. The Labute approximate surface area is 202 Å². The highest BCUT2D eigenvalue weighted by Crippen LogP contribution is 2.22. The van der Waals surface area contributed by atoms with Gasteiger partial charge in [-0.05, 0) is 80.4 Å². The van der Waals surface area contributed by atoms with E-state index in [1.54, 1.807) is 48.5 Å². The molecule has 172 valence electrons. The van der Waals surface area contributed by atoms with E-state index in [1.165, 1.54) is 11.3 Å². The lowest BCUT2D eigenvalue weighted by Crippen LogP contribution is -2.16. The maximum Gasteiger partial charge on any atom is 0.279 e. The first kappa shape index (κ1) is 23.5. The third kappa shape index (κ3) is 4.81. The number of aromatic nitrogens is 1. The minimum Gasteiger partial charge on any atom is -0.305 e. The number of aryl methyl sites for hydroxylation is 3. The van der Waals surface area contributed by atoms with Crippen molar-refractivity contribution < 1.29 is 13.2 Å². The van der Waals surface area contributed by atoms with Crippen LogP contribution in [0, 0.1) is 33.1 Å². The van der Waals surface area contributed by atoms with Crippen LogP contribution in [-0.2, 0) is 16.6 Å². The highest BCUT2D eigenvalue weighted by molar-refractivity contribution is 7.92. The van der Waals surface area contributed by atoms with Gasteiger partial charge in [-0.1, -0.05) is 35.0 Å². The summed E-state index contributed by atoms with van der Waals surface area (Å²) in [6.45, 7) is 6.26. The molecule has 1 N–H and O–H groups in total. The summed E-state index contributed by atoms with van der Waals surface area (Å²) in [5.41, 5.74) is 4.90. The first-order valence-electron chi connectivity index (χ1n) is 10.5. The van der Waals surface area contributed by atoms with E-state index < -0.39 is 15.9 Å². The number of terminal acetylenes is 1. The molecule has 4 aromatic rings. The zero-order valence-electron chi connectivity index (χ0n) is 19.0. The van der Waals surface area contributed by atoms with Gasteiger partial charge in [0.25, 0.3) is 15.9 Å². The molecule has 4 rings (SSSR count). The number of hydrogen-bond donors (Lipinski definition) is 1. The Morgan fingerprint density at radius 1 is 1.03 bits per heavy atom. The van der Waals surface area contributed by atoms with E-state index in [4.69, 9.17) is 6.42 Å². The summed E-state index contributed by atoms with van der Waals surface area (Å²) in [4.78, 5) is 17.9. The van der Waals surface area contributed by atoms with E-state index in [1.807, 2.05) is 25.3 Å². The topological polar surface area (TPSA) is 80.5 Å². The van der Waals surface area contributed by atoms with Crippen LogP contribution in [0.1, 0.15) is 27.0 Å². The van der Waals surface area contributed by atoms with Gasteiger partial charge in [-0.15, -0.1) is 6.42 Å². The van der Waals surface area contributed by atoms with Gasteiger partial charge in [0.1, 0.15) is 0 Å². The third-order valence-electron chi connectivity index (χ3n) is 5.46. The normalized spacial score (nSPS) is 12.0. The molecule has 3 aromatic carbocycles. The van der Waals surface area contributed by atoms with Crippen LogP contribution in [0.4, 0.5) is 5.69 Å². The van der Waals surface area contributed by atoms with Crippen LogP contribution in [0.2, 0.25) is 0 Å². The van der Waals surface area contributed by atoms with Crippen LogP contribution >= 0.6 is 11.3 Å². The second kappa shape index (κ2) is 9.29. The van der Waals surface area contributed by atoms with Gasteiger partial charge < -0.3 is 4.57 Å². The van der Waals surface area contributed by atoms with E-state index in [-0.39, 0.29) is 4.90 Å². The highest BCUT2D eigenvalue weighted by Gasteiger charge is 2.15. The Bertz CT molecular complexity index is 1600. The molecule has 1 heterocycles. The number of nitrogens with one attached hydrogen (secondary N) is 1. The number of hydrogen-bond acceptors (Lipinski definition) is 4. The summed E-state index contributed by atoms with van der Waals surface area (Å²) < 4.78 is 30.6. The Hall–Kier alpha value is -3.67. The van der Waals surface area contributed by atoms with Crippen LogP contribution in [-0.4, -0.2) is 18.9 Å². The van der Waals surface area contributed by atoms with E-state index in [0.29, 0.717) is 22.6 Å². The summed E-state index contributed by atoms with van der Waals surface area (Å²) in [6.07, 6.45) is 5.56. The smallest absolute Gasteiger partial charge is 0.279 e. The van der Waals surface area contributed by atoms with Gasteiger partial charge in [0.15, 0.2) is 4.80 Å². The van der Waals surface area contributed by atoms with Gasteiger partial charge in [0.2, 0.25) is 0 Å². The van der Waals surface area contributed by atoms with Crippen LogP contribution in [0.5, 0.6) is 0 Å². The zero-order chi connectivity index (χ0) is 24.5. The Balaban J connectivity index is 1.62. The maximum atomic E-state index is 12.9. The van der Waals surface area contributed by atoms with E-state index >= 15 is 0 Å². The molecule has 8 heteroatoms. The number of nitrogens with zero attached hydrogens (tertiary/aromatic N) is 2. The minimum atomic E-state index is -3.72. The number of amides is 1. The fourth-order valence-electron chi connectivity index (χ4n) is 3.41. The Kier molecular flexibility index (Phi) is 6.42. The van der Waals surface area contributed by atoms with Crippen molar-refractivity contribution in [2.75, 3.05) is 4.72 Å². The second-order valence-corrected chi connectivity index (χ2v) is 10.7. The molecule has 1 amide bonds. The monoisotopic (exact) mass is 489 g/mol. The average Bonchev–Trinajstić information content (AvgIpc) is 3.10. The number of thiazole rings is 1. The molecule has 0 unspecified atom stereocenters. The Morgan fingerprint density at radius 2 is 1.68 bits per heavy atom. The lowest BCUT2D eigenvalue weighted by Gasteiger charge is -2.08. The molecule has 0 aliphatic heterocycles. The lowest BCUT2D eigenvalue weighted by atomic mass is 10.1. The molecule has 34 heavy (non-hydrogen) atoms. The van der Waals surface area contributed by atoms with Gasteiger partial charge in [-0.3, -0.25) is 9.52 Å². The lowest BCUT2D eigenvalue weighted by molar-refractivity contribution is 0.0998. The number of benzene rings is 3. The van der Waals surface area contributed by atoms with E-state index in [0.717, 1.165) is 26.9 Å². The summed E-state index contributed by atoms with van der Waals surface area (Å²) in [6, 6.07) is 16.9. The predicted molar refractivity (Wildman–Crippen MR) is 136 cm³/mol. The molecular formula is C26H23N3O3S2. The molecule has 6 nitrogen and oxygen atoms in total. The van der Waals surface area contributed by atoms with Gasteiger partial charge in [-0.2, -0.15) is 4.99 Å². The molecule has 0 atom stereocenters. The Morgan fingerprint density at radius 3 is 2.32 bits per heavy atom. The summed E-state index contributed by atoms with van der Waals surface area (Å²) in [5, 5.41) is 0. The number of carbonyl (C=O) groups excluding carboxylic acids is 1. The molecule has 0 radical (unpaired) electrons. The van der Waals surface area contributed by atoms with Crippen LogP contribution in [0.25, 0.3) is 10.2 Å². The minimum absolute atomic E-state index is 0.168. The summed E-state index contributed by atoms with van der Waals surface area (Å²) >= 11 is 1.41. The third-order valence-corrected chi connectivity index (χ3v) is 7.90. The van der Waals surface area contributed by atoms with E-state index in [2.05, 4.69) is 27.8 Å². The number of carbonyl (C=O) groups is 1. The number of anilines is 1. The molecule has 0 saturated heterocycles. The first-order valence-corrected chi connectivity index (χ1v) is 12.8. The van der Waals surface area contributed by atoms with Crippen molar-refractivity contribution in [3.05, 3.63) is 87.7 Å². The molecule has 0 aliphatic carbocycles. The van der Waals surface area contributed by atoms with Crippen molar-refractivity contribution in [1.82, 2.24) is 4.57 Å². The van der Waals surface area contributed by atoms with Crippen molar-refractivity contribution in [2.45, 2.75) is 32.2 Å². The predicted octanol–water partition coefficient (Wildman–Crippen LogP) is 4.80. The summed E-state index contributed by atoms with van der Waals surface area (Å²) in [7, 11) is -3.72. The molecule has 1 aromatic heterocycles. The van der Waals surface area contributed by atoms with E-state index in [9.17, 15) is 13.2 Å². The SMILES string of the molecule is C#CCn1c(=NC(=O)c2ccc(NS(=O)(=O)c3ccc(C)cc3)cc2)sc2cc(C)c(C)cc21. The van der Waals surface area contributed by atoms with Crippen molar-refractivity contribution >= 4 is 43.2 Å². The standard InChI is InChI=1S/C26H23N3O3S2/c1-5-14-29-23-15-18(3)19(4)16-24(23)33-26(29)27-25(30)20-8-10-21(11-9-20)28-34(31,32)22-12-6-17(2)7-13-22/h1,6-13,15-16,28H,14H2,2-4H3. The highest BCUT2D eigenvalue weighted by atomic mass is 32.2.